The van der Waals surface area contributed by atoms with E-state index in [4.69, 9.17) is 14.3 Å². The van der Waals surface area contributed by atoms with Crippen LogP contribution in [0, 0.1) is 5.92 Å². The molecule has 0 heterocycles. The van der Waals surface area contributed by atoms with Gasteiger partial charge in [-0.1, -0.05) is 19.3 Å². The van der Waals surface area contributed by atoms with Crippen molar-refractivity contribution in [2.24, 2.45) is 5.92 Å². The molecule has 162 valence electrons. The van der Waals surface area contributed by atoms with Crippen molar-refractivity contribution in [1.29, 1.82) is 0 Å². The number of amides is 1. The molecule has 1 saturated carbocycles. The molecule has 1 atom stereocenters. The van der Waals surface area contributed by atoms with Gasteiger partial charge in [-0.3, -0.25) is 4.79 Å². The number of carbonyl (C=O) groups is 3. The summed E-state index contributed by atoms with van der Waals surface area (Å²) >= 11 is 0. The van der Waals surface area contributed by atoms with Gasteiger partial charge in [0.25, 0.3) is 0 Å². The second-order valence-corrected chi connectivity index (χ2v) is 9.40. The molecule has 1 fully saturated rings. The molecular formula is C21H37NO6. The number of ether oxygens (including phenoxy) is 2. The number of unbranched alkanes of at least 4 members (excludes halogenated alkanes) is 1. The molecule has 1 rings (SSSR count). The largest absolute Gasteiger partial charge is 0.534 e. The molecule has 0 aliphatic heterocycles. The maximum Gasteiger partial charge on any atom is 0.534 e. The Hall–Kier alpha value is -1.79. The first kappa shape index (κ1) is 24.2. The first-order valence-electron chi connectivity index (χ1n) is 10.3. The predicted octanol–water partition coefficient (Wildman–Crippen LogP) is 5.41. The van der Waals surface area contributed by atoms with Crippen molar-refractivity contribution >= 4 is 18.0 Å². The lowest BCUT2D eigenvalue weighted by molar-refractivity contribution is -0.136. The summed E-state index contributed by atoms with van der Waals surface area (Å²) in [6.07, 6.45) is 5.33. The Balaban J connectivity index is 2.57. The van der Waals surface area contributed by atoms with Crippen molar-refractivity contribution < 1.29 is 28.7 Å². The monoisotopic (exact) mass is 399 g/mol. The van der Waals surface area contributed by atoms with E-state index in [1.54, 1.807) is 41.5 Å². The van der Waals surface area contributed by atoms with E-state index in [9.17, 15) is 14.4 Å². The van der Waals surface area contributed by atoms with Crippen molar-refractivity contribution in [2.75, 3.05) is 6.54 Å². The maximum absolute atomic E-state index is 12.4. The number of hydrogen-bond acceptors (Lipinski definition) is 6. The molecule has 0 bridgehead atoms. The average molecular weight is 400 g/mol. The van der Waals surface area contributed by atoms with E-state index < -0.39 is 23.5 Å². The summed E-state index contributed by atoms with van der Waals surface area (Å²) in [5.41, 5.74) is -1.43. The quantitative estimate of drug-likeness (QED) is 0.266. The highest BCUT2D eigenvalue weighted by molar-refractivity contribution is 5.81. The number of nitrogens with zero attached hydrogens (tertiary/aromatic N) is 1. The van der Waals surface area contributed by atoms with Crippen LogP contribution in [0.25, 0.3) is 0 Å². The number of rotatable bonds is 5. The fourth-order valence-corrected chi connectivity index (χ4v) is 3.03. The topological polar surface area (TPSA) is 82.1 Å². The van der Waals surface area contributed by atoms with Gasteiger partial charge in [-0.15, -0.1) is 5.06 Å². The summed E-state index contributed by atoms with van der Waals surface area (Å²) in [5.74, 6) is 0.468. The Kier molecular flexibility index (Phi) is 9.24. The molecule has 0 aromatic rings. The smallest absolute Gasteiger partial charge is 0.442 e. The molecule has 1 unspecified atom stereocenters. The van der Waals surface area contributed by atoms with Gasteiger partial charge < -0.3 is 14.3 Å². The van der Waals surface area contributed by atoms with Crippen molar-refractivity contribution in [3.05, 3.63) is 0 Å². The molecule has 0 aromatic heterocycles. The van der Waals surface area contributed by atoms with E-state index in [-0.39, 0.29) is 12.5 Å². The summed E-state index contributed by atoms with van der Waals surface area (Å²) in [6, 6.07) is 0. The van der Waals surface area contributed by atoms with Crippen LogP contribution >= 0.6 is 0 Å². The Morgan fingerprint density at radius 2 is 1.61 bits per heavy atom. The molecular weight excluding hydrogens is 362 g/mol. The van der Waals surface area contributed by atoms with Gasteiger partial charge in [-0.25, -0.2) is 9.59 Å². The lowest BCUT2D eigenvalue weighted by Crippen LogP contribution is -2.40. The molecule has 0 saturated heterocycles. The normalized spacial score (nSPS) is 18.2. The fraction of sp³-hybridized carbons (Fsp3) is 0.857. The lowest BCUT2D eigenvalue weighted by atomic mass is 9.93. The van der Waals surface area contributed by atoms with Gasteiger partial charge in [-0.05, 0) is 67.2 Å². The summed E-state index contributed by atoms with van der Waals surface area (Å²) in [5, 5.41) is 0.911. The van der Waals surface area contributed by atoms with Crippen molar-refractivity contribution in [3.8, 4) is 0 Å². The Bertz CT molecular complexity index is 532. The SMILES string of the molecule is CC(C)(C)OC(=O)ON(CCCCC1CCCCCC1=O)C(=O)OC(C)(C)C. The van der Waals surface area contributed by atoms with Crippen LogP contribution in [0.5, 0.6) is 0 Å². The molecule has 0 aromatic carbocycles. The van der Waals surface area contributed by atoms with Crippen LogP contribution in [0.3, 0.4) is 0 Å². The van der Waals surface area contributed by atoms with Crippen LogP contribution in [-0.2, 0) is 19.1 Å². The molecule has 28 heavy (non-hydrogen) atoms. The van der Waals surface area contributed by atoms with E-state index in [0.717, 1.165) is 43.6 Å². The first-order valence-corrected chi connectivity index (χ1v) is 10.3. The molecule has 1 amide bonds. The van der Waals surface area contributed by atoms with E-state index in [1.165, 1.54) is 0 Å². The Morgan fingerprint density at radius 3 is 2.21 bits per heavy atom. The molecule has 1 aliphatic carbocycles. The van der Waals surface area contributed by atoms with Crippen LogP contribution < -0.4 is 0 Å². The first-order chi connectivity index (χ1) is 12.9. The maximum atomic E-state index is 12.4. The standard InChI is InChI=1S/C21H37NO6/c1-20(2,3)26-18(24)22(28-19(25)27-21(4,5)6)15-11-10-13-16-12-8-7-9-14-17(16)23/h16H,7-15H2,1-6H3. The molecule has 1 aliphatic rings. The summed E-state index contributed by atoms with van der Waals surface area (Å²) in [6.45, 7) is 10.6. The average Bonchev–Trinajstić information content (AvgIpc) is 2.71. The number of Topliss-reactive ketones (excluding diaryl/α,β-unsaturated/α-hetero) is 1. The zero-order chi connectivity index (χ0) is 21.4. The third-order valence-corrected chi connectivity index (χ3v) is 4.27. The highest BCUT2D eigenvalue weighted by Gasteiger charge is 2.28. The van der Waals surface area contributed by atoms with Gasteiger partial charge in [0.15, 0.2) is 0 Å². The second-order valence-electron chi connectivity index (χ2n) is 9.40. The molecule has 7 heteroatoms. The van der Waals surface area contributed by atoms with Gasteiger partial charge in [0, 0.05) is 12.3 Å². The molecule has 7 nitrogen and oxygen atoms in total. The second kappa shape index (κ2) is 10.7. The van der Waals surface area contributed by atoms with E-state index in [0.29, 0.717) is 18.6 Å². The van der Waals surface area contributed by atoms with E-state index in [2.05, 4.69) is 0 Å². The molecule has 0 N–H and O–H groups in total. The Morgan fingerprint density at radius 1 is 0.964 bits per heavy atom. The third-order valence-electron chi connectivity index (χ3n) is 4.27. The van der Waals surface area contributed by atoms with Crippen molar-refractivity contribution in [3.63, 3.8) is 0 Å². The highest BCUT2D eigenvalue weighted by Crippen LogP contribution is 2.24. The third kappa shape index (κ3) is 10.5. The number of hydrogen-bond donors (Lipinski definition) is 0. The van der Waals surface area contributed by atoms with E-state index >= 15 is 0 Å². The van der Waals surface area contributed by atoms with Crippen LogP contribution in [0.4, 0.5) is 9.59 Å². The minimum atomic E-state index is -0.947. The summed E-state index contributed by atoms with van der Waals surface area (Å²) in [7, 11) is 0. The number of ketones is 1. The minimum Gasteiger partial charge on any atom is -0.442 e. The Labute approximate surface area is 169 Å². The predicted molar refractivity (Wildman–Crippen MR) is 106 cm³/mol. The summed E-state index contributed by atoms with van der Waals surface area (Å²) in [4.78, 5) is 41.5. The minimum absolute atomic E-state index is 0.115. The van der Waals surface area contributed by atoms with Gasteiger partial charge in [-0.2, -0.15) is 0 Å². The lowest BCUT2D eigenvalue weighted by Gasteiger charge is -2.27. The van der Waals surface area contributed by atoms with Crippen molar-refractivity contribution in [2.45, 2.75) is 104 Å². The zero-order valence-electron chi connectivity index (χ0n) is 18.3. The zero-order valence-corrected chi connectivity index (χ0v) is 18.3. The van der Waals surface area contributed by atoms with Crippen LogP contribution in [0.15, 0.2) is 0 Å². The summed E-state index contributed by atoms with van der Waals surface area (Å²) < 4.78 is 10.4. The van der Waals surface area contributed by atoms with Gasteiger partial charge in [0.1, 0.15) is 17.0 Å². The van der Waals surface area contributed by atoms with E-state index in [1.807, 2.05) is 0 Å². The van der Waals surface area contributed by atoms with Crippen molar-refractivity contribution in [1.82, 2.24) is 5.06 Å². The number of hydroxylamine groups is 2. The van der Waals surface area contributed by atoms with Crippen LogP contribution in [-0.4, -0.2) is 40.8 Å². The fourth-order valence-electron chi connectivity index (χ4n) is 3.03. The van der Waals surface area contributed by atoms with Gasteiger partial charge in [0.2, 0.25) is 0 Å². The van der Waals surface area contributed by atoms with Gasteiger partial charge >= 0.3 is 12.2 Å². The highest BCUT2D eigenvalue weighted by atomic mass is 16.8. The number of carbonyl (C=O) groups excluding carboxylic acids is 3. The van der Waals surface area contributed by atoms with Crippen LogP contribution in [0.2, 0.25) is 0 Å². The molecule has 0 spiro atoms. The van der Waals surface area contributed by atoms with Gasteiger partial charge in [0.05, 0.1) is 6.54 Å². The van der Waals surface area contributed by atoms with Crippen LogP contribution in [0.1, 0.15) is 92.9 Å². The molecule has 0 radical (unpaired) electrons.